The van der Waals surface area contributed by atoms with Gasteiger partial charge in [-0.15, -0.1) is 0 Å². The third kappa shape index (κ3) is 3.60. The lowest BCUT2D eigenvalue weighted by Gasteiger charge is -2.22. The van der Waals surface area contributed by atoms with Crippen LogP contribution >= 0.6 is 27.7 Å². The second-order valence-corrected chi connectivity index (χ2v) is 7.90. The molecule has 138 valence electrons. The van der Waals surface area contributed by atoms with Crippen molar-refractivity contribution in [2.24, 2.45) is 4.99 Å². The number of amides is 1. The normalized spacial score (nSPS) is 19.0. The summed E-state index contributed by atoms with van der Waals surface area (Å²) in [5.41, 5.74) is 1.64. The van der Waals surface area contributed by atoms with Crippen LogP contribution < -0.4 is 9.47 Å². The average molecular weight is 446 g/mol. The van der Waals surface area contributed by atoms with E-state index in [9.17, 15) is 4.79 Å². The highest BCUT2D eigenvalue weighted by Crippen LogP contribution is 2.40. The number of benzene rings is 2. The number of aliphatic imine (C=N–C) groups is 1. The Morgan fingerprint density at radius 1 is 1.19 bits per heavy atom. The van der Waals surface area contributed by atoms with E-state index in [0.29, 0.717) is 21.6 Å². The Balaban J connectivity index is 1.71. The van der Waals surface area contributed by atoms with Crippen molar-refractivity contribution in [2.75, 3.05) is 20.9 Å². The third-order valence-corrected chi connectivity index (χ3v) is 5.59. The molecule has 0 saturated carbocycles. The summed E-state index contributed by atoms with van der Waals surface area (Å²) in [6.07, 6.45) is 1.84. The highest BCUT2D eigenvalue weighted by molar-refractivity contribution is 9.10. The van der Waals surface area contributed by atoms with Crippen molar-refractivity contribution >= 4 is 50.5 Å². The Bertz CT molecular complexity index is 960. The molecule has 0 spiro atoms. The topological polar surface area (TPSA) is 54.4 Å². The summed E-state index contributed by atoms with van der Waals surface area (Å²) in [7, 11) is 3.64. The molecule has 2 aromatic carbocycles. The van der Waals surface area contributed by atoms with Gasteiger partial charge in [-0.2, -0.15) is 0 Å². The zero-order chi connectivity index (χ0) is 19.0. The van der Waals surface area contributed by atoms with Gasteiger partial charge in [-0.05, 0) is 47.7 Å². The molecular formula is C19H16BrN3O3S. The van der Waals surface area contributed by atoms with E-state index in [4.69, 9.17) is 9.47 Å². The molecule has 0 bridgehead atoms. The van der Waals surface area contributed by atoms with Crippen LogP contribution in [0.4, 0.5) is 5.69 Å². The van der Waals surface area contributed by atoms with Crippen LogP contribution in [-0.4, -0.2) is 42.0 Å². The van der Waals surface area contributed by atoms with Gasteiger partial charge in [0.15, 0.2) is 16.7 Å². The number of hydrazine groups is 1. The maximum atomic E-state index is 12.9. The number of rotatable bonds is 3. The summed E-state index contributed by atoms with van der Waals surface area (Å²) in [5, 5.41) is 3.90. The molecule has 2 heterocycles. The SMILES string of the molecule is CN(C)N1C(=O)C(=Cc2cc3c(cc2Br)OCO3)SC1=Nc1ccccc1. The van der Waals surface area contributed by atoms with Crippen molar-refractivity contribution in [3.05, 3.63) is 57.4 Å². The van der Waals surface area contributed by atoms with E-state index in [1.807, 2.05) is 62.6 Å². The lowest BCUT2D eigenvalue weighted by atomic mass is 10.2. The van der Waals surface area contributed by atoms with E-state index in [1.54, 1.807) is 10.0 Å². The fourth-order valence-corrected chi connectivity index (χ4v) is 4.17. The third-order valence-electron chi connectivity index (χ3n) is 3.95. The van der Waals surface area contributed by atoms with Gasteiger partial charge in [0.2, 0.25) is 6.79 Å². The molecule has 6 nitrogen and oxygen atoms in total. The molecule has 2 aliphatic heterocycles. The molecule has 1 saturated heterocycles. The van der Waals surface area contributed by atoms with Crippen LogP contribution in [0.2, 0.25) is 0 Å². The van der Waals surface area contributed by atoms with Gasteiger partial charge in [0.05, 0.1) is 10.6 Å². The van der Waals surface area contributed by atoms with E-state index in [2.05, 4.69) is 20.9 Å². The fraction of sp³-hybridized carbons (Fsp3) is 0.158. The Morgan fingerprint density at radius 3 is 2.59 bits per heavy atom. The Kier molecular flexibility index (Phi) is 4.94. The Morgan fingerprint density at radius 2 is 1.89 bits per heavy atom. The van der Waals surface area contributed by atoms with Crippen LogP contribution in [0.1, 0.15) is 5.56 Å². The summed E-state index contributed by atoms with van der Waals surface area (Å²) < 4.78 is 11.6. The number of nitrogens with zero attached hydrogens (tertiary/aromatic N) is 3. The number of carbonyl (C=O) groups excluding carboxylic acids is 1. The number of hydrogen-bond donors (Lipinski definition) is 0. The van der Waals surface area contributed by atoms with Crippen molar-refractivity contribution in [3.8, 4) is 11.5 Å². The first-order chi connectivity index (χ1) is 13.0. The molecular weight excluding hydrogens is 430 g/mol. The van der Waals surface area contributed by atoms with Gasteiger partial charge < -0.3 is 9.47 Å². The molecule has 2 aliphatic rings. The van der Waals surface area contributed by atoms with Gasteiger partial charge in [-0.3, -0.25) is 4.79 Å². The minimum absolute atomic E-state index is 0.121. The first-order valence-electron chi connectivity index (χ1n) is 8.17. The molecule has 1 fully saturated rings. The van der Waals surface area contributed by atoms with Crippen molar-refractivity contribution < 1.29 is 14.3 Å². The van der Waals surface area contributed by atoms with Crippen molar-refractivity contribution in [1.82, 2.24) is 10.0 Å². The van der Waals surface area contributed by atoms with Gasteiger partial charge in [0, 0.05) is 18.6 Å². The first kappa shape index (κ1) is 18.1. The van der Waals surface area contributed by atoms with E-state index < -0.39 is 0 Å². The number of fused-ring (bicyclic) bond motifs is 1. The van der Waals surface area contributed by atoms with Crippen LogP contribution in [0.3, 0.4) is 0 Å². The lowest BCUT2D eigenvalue weighted by molar-refractivity contribution is -0.130. The zero-order valence-electron chi connectivity index (χ0n) is 14.7. The summed E-state index contributed by atoms with van der Waals surface area (Å²) in [6, 6.07) is 13.3. The van der Waals surface area contributed by atoms with Gasteiger partial charge in [0.25, 0.3) is 5.91 Å². The molecule has 0 aliphatic carbocycles. The van der Waals surface area contributed by atoms with Gasteiger partial charge in [-0.1, -0.05) is 34.1 Å². The molecule has 0 atom stereocenters. The van der Waals surface area contributed by atoms with Crippen LogP contribution in [0.5, 0.6) is 11.5 Å². The number of carbonyl (C=O) groups is 1. The van der Waals surface area contributed by atoms with Crippen molar-refractivity contribution in [1.29, 1.82) is 0 Å². The molecule has 27 heavy (non-hydrogen) atoms. The number of hydrogen-bond acceptors (Lipinski definition) is 6. The average Bonchev–Trinajstić information content (AvgIpc) is 3.20. The molecule has 2 aromatic rings. The Labute approximate surface area is 169 Å². The smallest absolute Gasteiger partial charge is 0.281 e. The quantitative estimate of drug-likeness (QED) is 0.660. The molecule has 0 radical (unpaired) electrons. The number of halogens is 1. The zero-order valence-corrected chi connectivity index (χ0v) is 17.1. The summed E-state index contributed by atoms with van der Waals surface area (Å²) in [5.74, 6) is 1.24. The van der Waals surface area contributed by atoms with E-state index in [0.717, 1.165) is 15.7 Å². The largest absolute Gasteiger partial charge is 0.454 e. The minimum Gasteiger partial charge on any atom is -0.454 e. The Hall–Kier alpha value is -2.29. The second kappa shape index (κ2) is 7.38. The molecule has 0 aromatic heterocycles. The van der Waals surface area contributed by atoms with Crippen LogP contribution in [0.15, 0.2) is 56.8 Å². The minimum atomic E-state index is -0.121. The summed E-state index contributed by atoms with van der Waals surface area (Å²) >= 11 is 4.87. The summed E-state index contributed by atoms with van der Waals surface area (Å²) in [4.78, 5) is 18.2. The monoisotopic (exact) mass is 445 g/mol. The van der Waals surface area contributed by atoms with Crippen molar-refractivity contribution in [3.63, 3.8) is 0 Å². The lowest BCUT2D eigenvalue weighted by Crippen LogP contribution is -2.40. The van der Waals surface area contributed by atoms with Gasteiger partial charge in [0.1, 0.15) is 0 Å². The van der Waals surface area contributed by atoms with Crippen LogP contribution in [0.25, 0.3) is 6.08 Å². The summed E-state index contributed by atoms with van der Waals surface area (Å²) in [6.45, 7) is 0.206. The number of amidine groups is 1. The molecule has 1 amide bonds. The van der Waals surface area contributed by atoms with E-state index in [-0.39, 0.29) is 12.7 Å². The first-order valence-corrected chi connectivity index (χ1v) is 9.78. The predicted molar refractivity (Wildman–Crippen MR) is 110 cm³/mol. The maximum Gasteiger partial charge on any atom is 0.281 e. The molecule has 8 heteroatoms. The van der Waals surface area contributed by atoms with Crippen LogP contribution in [0, 0.1) is 0 Å². The number of para-hydroxylation sites is 1. The van der Waals surface area contributed by atoms with Crippen LogP contribution in [-0.2, 0) is 4.79 Å². The predicted octanol–water partition coefficient (Wildman–Crippen LogP) is 4.26. The molecule has 0 unspecified atom stereocenters. The number of thioether (sulfide) groups is 1. The highest BCUT2D eigenvalue weighted by atomic mass is 79.9. The maximum absolute atomic E-state index is 12.9. The standard InChI is InChI=1S/C19H16BrN3O3S/c1-22(2)23-18(24)17(27-19(23)21-13-6-4-3-5-7-13)9-12-8-15-16(10-14(12)20)26-11-25-15/h3-10H,11H2,1-2H3. The van der Waals surface area contributed by atoms with E-state index in [1.165, 1.54) is 11.8 Å². The van der Waals surface area contributed by atoms with Gasteiger partial charge >= 0.3 is 0 Å². The van der Waals surface area contributed by atoms with Crippen molar-refractivity contribution in [2.45, 2.75) is 0 Å². The fourth-order valence-electron chi connectivity index (χ4n) is 2.69. The highest BCUT2D eigenvalue weighted by Gasteiger charge is 2.35. The van der Waals surface area contributed by atoms with Gasteiger partial charge in [-0.25, -0.2) is 15.0 Å². The number of ether oxygens (including phenoxy) is 2. The molecule has 4 rings (SSSR count). The van der Waals surface area contributed by atoms with E-state index >= 15 is 0 Å². The second-order valence-electron chi connectivity index (χ2n) is 6.03. The molecule has 0 N–H and O–H groups in total.